The first-order valence-electron chi connectivity index (χ1n) is 6.40. The highest BCUT2D eigenvalue weighted by Gasteiger charge is 2.01. The second-order valence-electron chi connectivity index (χ2n) is 4.35. The fraction of sp³-hybridized carbons (Fsp3) is 0. The van der Waals surface area contributed by atoms with Crippen LogP contribution in [-0.4, -0.2) is 9.97 Å². The van der Waals surface area contributed by atoms with E-state index in [1.54, 1.807) is 30.6 Å². The van der Waals surface area contributed by atoms with E-state index in [0.717, 1.165) is 11.1 Å². The van der Waals surface area contributed by atoms with Crippen LogP contribution in [0.25, 0.3) is 11.1 Å². The van der Waals surface area contributed by atoms with Crippen LogP contribution in [0.4, 0.5) is 0 Å². The molecule has 4 nitrogen and oxygen atoms in total. The average Bonchev–Trinajstić information content (AvgIpc) is 2.57. The Kier molecular flexibility index (Phi) is 3.57. The first kappa shape index (κ1) is 12.8. The van der Waals surface area contributed by atoms with Crippen LogP contribution in [0.5, 0.6) is 11.8 Å². The van der Waals surface area contributed by atoms with E-state index in [0.29, 0.717) is 17.3 Å². The molecular formula is C17H11N3O. The topological polar surface area (TPSA) is 58.8 Å². The summed E-state index contributed by atoms with van der Waals surface area (Å²) in [6.07, 6.45) is 3.26. The van der Waals surface area contributed by atoms with Crippen LogP contribution in [0.15, 0.2) is 67.0 Å². The lowest BCUT2D eigenvalue weighted by molar-refractivity contribution is 0.442. The maximum absolute atomic E-state index is 8.80. The third-order valence-electron chi connectivity index (χ3n) is 2.95. The molecular weight excluding hydrogens is 262 g/mol. The van der Waals surface area contributed by atoms with Crippen molar-refractivity contribution in [1.82, 2.24) is 9.97 Å². The van der Waals surface area contributed by atoms with Gasteiger partial charge in [0.05, 0.1) is 11.6 Å². The number of hydrogen-bond donors (Lipinski definition) is 0. The number of ether oxygens (including phenoxy) is 1. The van der Waals surface area contributed by atoms with Gasteiger partial charge in [-0.25, -0.2) is 9.97 Å². The summed E-state index contributed by atoms with van der Waals surface area (Å²) in [5.41, 5.74) is 2.76. The van der Waals surface area contributed by atoms with Crippen molar-refractivity contribution >= 4 is 0 Å². The van der Waals surface area contributed by atoms with Crippen LogP contribution in [0.2, 0.25) is 0 Å². The Morgan fingerprint density at radius 2 is 1.38 bits per heavy atom. The lowest BCUT2D eigenvalue weighted by Crippen LogP contribution is -1.89. The molecule has 0 atom stereocenters. The Balaban J connectivity index is 1.79. The van der Waals surface area contributed by atoms with E-state index in [1.807, 2.05) is 36.4 Å². The van der Waals surface area contributed by atoms with E-state index in [-0.39, 0.29) is 0 Å². The quantitative estimate of drug-likeness (QED) is 0.728. The van der Waals surface area contributed by atoms with Crippen LogP contribution in [0.3, 0.4) is 0 Å². The van der Waals surface area contributed by atoms with Crippen molar-refractivity contribution in [2.24, 2.45) is 0 Å². The molecule has 0 saturated heterocycles. The minimum Gasteiger partial charge on any atom is -0.424 e. The zero-order valence-electron chi connectivity index (χ0n) is 11.1. The van der Waals surface area contributed by atoms with Crippen LogP contribution >= 0.6 is 0 Å². The highest BCUT2D eigenvalue weighted by Crippen LogP contribution is 2.24. The fourth-order valence-electron chi connectivity index (χ4n) is 1.90. The Bertz CT molecular complexity index is 760. The van der Waals surface area contributed by atoms with Crippen LogP contribution in [0, 0.1) is 11.3 Å². The third kappa shape index (κ3) is 3.04. The zero-order chi connectivity index (χ0) is 14.5. The molecule has 21 heavy (non-hydrogen) atoms. The summed E-state index contributed by atoms with van der Waals surface area (Å²) in [4.78, 5) is 8.02. The summed E-state index contributed by atoms with van der Waals surface area (Å²) in [5.74, 6) is 0.679. The number of benzene rings is 2. The largest absolute Gasteiger partial charge is 0.424 e. The Hall–Kier alpha value is -3.19. The summed E-state index contributed by atoms with van der Waals surface area (Å²) in [6, 6.07) is 19.3. The average molecular weight is 273 g/mol. The highest BCUT2D eigenvalue weighted by molar-refractivity contribution is 5.65. The van der Waals surface area contributed by atoms with Gasteiger partial charge >= 0.3 is 6.01 Å². The molecule has 0 spiro atoms. The highest BCUT2D eigenvalue weighted by atomic mass is 16.5. The first-order chi connectivity index (χ1) is 10.3. The number of aromatic nitrogens is 2. The van der Waals surface area contributed by atoms with Crippen molar-refractivity contribution in [3.05, 3.63) is 72.6 Å². The van der Waals surface area contributed by atoms with Crippen molar-refractivity contribution in [2.45, 2.75) is 0 Å². The van der Waals surface area contributed by atoms with E-state index >= 15 is 0 Å². The van der Waals surface area contributed by atoms with Gasteiger partial charge in [0.25, 0.3) is 0 Å². The predicted molar refractivity (Wildman–Crippen MR) is 78.7 cm³/mol. The molecule has 0 radical (unpaired) electrons. The summed E-state index contributed by atoms with van der Waals surface area (Å²) in [5, 5.41) is 8.80. The smallest absolute Gasteiger partial charge is 0.321 e. The second kappa shape index (κ2) is 5.85. The van der Waals surface area contributed by atoms with Crippen molar-refractivity contribution in [3.8, 4) is 29.0 Å². The molecule has 3 rings (SSSR count). The van der Waals surface area contributed by atoms with Crippen LogP contribution < -0.4 is 4.74 Å². The van der Waals surface area contributed by atoms with Gasteiger partial charge in [0.2, 0.25) is 0 Å². The maximum atomic E-state index is 8.80. The maximum Gasteiger partial charge on any atom is 0.321 e. The molecule has 0 amide bonds. The molecule has 100 valence electrons. The molecule has 0 fully saturated rings. The molecule has 2 aromatic carbocycles. The van der Waals surface area contributed by atoms with Gasteiger partial charge in [-0.3, -0.25) is 0 Å². The monoisotopic (exact) mass is 273 g/mol. The molecule has 3 aromatic rings. The molecule has 1 heterocycles. The van der Waals surface area contributed by atoms with E-state index in [1.165, 1.54) is 0 Å². The van der Waals surface area contributed by atoms with Gasteiger partial charge in [0.15, 0.2) is 0 Å². The Morgan fingerprint density at radius 1 is 0.810 bits per heavy atom. The zero-order valence-corrected chi connectivity index (χ0v) is 11.1. The predicted octanol–water partition coefficient (Wildman–Crippen LogP) is 3.81. The number of rotatable bonds is 3. The lowest BCUT2D eigenvalue weighted by atomic mass is 10.0. The molecule has 0 N–H and O–H groups in total. The van der Waals surface area contributed by atoms with Crippen molar-refractivity contribution < 1.29 is 4.74 Å². The standard InChI is InChI=1S/C17H11N3O/c18-12-13-2-4-14(5-3-13)15-6-8-16(9-7-15)21-17-19-10-1-11-20-17/h1-11H. The van der Waals surface area contributed by atoms with Crippen molar-refractivity contribution in [3.63, 3.8) is 0 Å². The number of nitrogens with zero attached hydrogens (tertiary/aromatic N) is 3. The molecule has 1 aromatic heterocycles. The van der Waals surface area contributed by atoms with E-state index in [2.05, 4.69) is 16.0 Å². The van der Waals surface area contributed by atoms with E-state index < -0.39 is 0 Å². The van der Waals surface area contributed by atoms with Crippen molar-refractivity contribution in [1.29, 1.82) is 5.26 Å². The minimum atomic E-state index is 0.323. The van der Waals surface area contributed by atoms with Gasteiger partial charge in [0, 0.05) is 12.4 Å². The third-order valence-corrected chi connectivity index (χ3v) is 2.95. The summed E-state index contributed by atoms with van der Waals surface area (Å²) in [6.45, 7) is 0. The van der Waals surface area contributed by atoms with Gasteiger partial charge in [-0.1, -0.05) is 24.3 Å². The SMILES string of the molecule is N#Cc1ccc(-c2ccc(Oc3ncccn3)cc2)cc1. The molecule has 0 unspecified atom stereocenters. The van der Waals surface area contributed by atoms with Crippen molar-refractivity contribution in [2.75, 3.05) is 0 Å². The van der Waals surface area contributed by atoms with Gasteiger partial charge in [-0.05, 0) is 41.5 Å². The Morgan fingerprint density at radius 3 is 1.95 bits per heavy atom. The van der Waals surface area contributed by atoms with Gasteiger partial charge in [0.1, 0.15) is 5.75 Å². The normalized spacial score (nSPS) is 9.86. The molecule has 4 heteroatoms. The molecule has 0 aliphatic rings. The van der Waals surface area contributed by atoms with E-state index in [4.69, 9.17) is 10.00 Å². The summed E-state index contributed by atoms with van der Waals surface area (Å²) in [7, 11) is 0. The number of nitriles is 1. The first-order valence-corrected chi connectivity index (χ1v) is 6.40. The molecule has 0 saturated carbocycles. The second-order valence-corrected chi connectivity index (χ2v) is 4.35. The lowest BCUT2D eigenvalue weighted by Gasteiger charge is -2.05. The summed E-state index contributed by atoms with van der Waals surface area (Å²) < 4.78 is 5.54. The molecule has 0 aliphatic heterocycles. The van der Waals surface area contributed by atoms with Gasteiger partial charge in [-0.15, -0.1) is 0 Å². The van der Waals surface area contributed by atoms with Crippen LogP contribution in [0.1, 0.15) is 5.56 Å². The van der Waals surface area contributed by atoms with Gasteiger partial charge < -0.3 is 4.74 Å². The van der Waals surface area contributed by atoms with E-state index in [9.17, 15) is 0 Å². The molecule has 0 bridgehead atoms. The van der Waals surface area contributed by atoms with Gasteiger partial charge in [-0.2, -0.15) is 5.26 Å². The van der Waals surface area contributed by atoms with Crippen LogP contribution in [-0.2, 0) is 0 Å². The minimum absolute atomic E-state index is 0.323. The molecule has 0 aliphatic carbocycles. The number of hydrogen-bond acceptors (Lipinski definition) is 4. The summed E-state index contributed by atoms with van der Waals surface area (Å²) >= 11 is 0. The Labute approximate surface area is 122 Å². The fourth-order valence-corrected chi connectivity index (χ4v) is 1.90.